The zero-order valence-corrected chi connectivity index (χ0v) is 10.3. The van der Waals surface area contributed by atoms with Crippen LogP contribution in [0.5, 0.6) is 0 Å². The minimum absolute atomic E-state index is 0.0314. The minimum atomic E-state index is 0.0314. The Hall–Kier alpha value is -1.91. The van der Waals surface area contributed by atoms with E-state index in [1.54, 1.807) is 17.1 Å². The number of aromatic nitrogens is 4. The summed E-state index contributed by atoms with van der Waals surface area (Å²) < 4.78 is 3.63. The molecular formula is C12H16N4O. The lowest BCUT2D eigenvalue weighted by molar-refractivity contribution is 0.101. The monoisotopic (exact) mass is 232 g/mol. The lowest BCUT2D eigenvalue weighted by Crippen LogP contribution is -2.05. The van der Waals surface area contributed by atoms with Crippen LogP contribution in [-0.4, -0.2) is 25.3 Å². The number of carbonyl (C=O) groups excluding carboxylic acids is 1. The summed E-state index contributed by atoms with van der Waals surface area (Å²) in [6, 6.07) is 2.32. The Balaban J connectivity index is 2.11. The normalized spacial score (nSPS) is 11.1. The third-order valence-electron chi connectivity index (χ3n) is 2.56. The first-order chi connectivity index (χ1) is 8.06. The second kappa shape index (κ2) is 4.53. The fourth-order valence-corrected chi connectivity index (χ4v) is 1.55. The third-order valence-corrected chi connectivity index (χ3v) is 2.56. The van der Waals surface area contributed by atoms with Crippen molar-refractivity contribution in [3.05, 3.63) is 35.9 Å². The van der Waals surface area contributed by atoms with Crippen LogP contribution in [0.25, 0.3) is 0 Å². The number of hydrogen-bond donors (Lipinski definition) is 0. The highest BCUT2D eigenvalue weighted by Gasteiger charge is 2.06. The molecule has 2 rings (SSSR count). The van der Waals surface area contributed by atoms with Crippen LogP contribution in [0.3, 0.4) is 0 Å². The second-order valence-electron chi connectivity index (χ2n) is 4.36. The SMILES string of the molecule is CC(=O)c1cnn(Cc2ccn(C(C)C)n2)c1. The van der Waals surface area contributed by atoms with Gasteiger partial charge in [0.1, 0.15) is 0 Å². The molecule has 0 unspecified atom stereocenters. The average Bonchev–Trinajstić information content (AvgIpc) is 2.87. The standard InChI is InChI=1S/C12H16N4O/c1-9(2)16-5-4-12(14-16)8-15-7-11(6-13-15)10(3)17/h4-7,9H,8H2,1-3H3. The minimum Gasteiger partial charge on any atom is -0.294 e. The van der Waals surface area contributed by atoms with E-state index in [0.717, 1.165) is 5.69 Å². The summed E-state index contributed by atoms with van der Waals surface area (Å²) in [5.74, 6) is 0.0314. The van der Waals surface area contributed by atoms with Gasteiger partial charge in [-0.3, -0.25) is 14.2 Å². The van der Waals surface area contributed by atoms with E-state index < -0.39 is 0 Å². The molecule has 17 heavy (non-hydrogen) atoms. The maximum absolute atomic E-state index is 11.1. The lowest BCUT2D eigenvalue weighted by Gasteiger charge is -2.03. The molecule has 2 aromatic heterocycles. The zero-order chi connectivity index (χ0) is 12.4. The summed E-state index contributed by atoms with van der Waals surface area (Å²) in [6.45, 7) is 6.29. The van der Waals surface area contributed by atoms with Gasteiger partial charge >= 0.3 is 0 Å². The molecule has 0 aliphatic heterocycles. The van der Waals surface area contributed by atoms with E-state index in [4.69, 9.17) is 0 Å². The van der Waals surface area contributed by atoms with E-state index in [1.165, 1.54) is 6.92 Å². The van der Waals surface area contributed by atoms with Gasteiger partial charge in [-0.15, -0.1) is 0 Å². The number of Topliss-reactive ketones (excluding diaryl/α,β-unsaturated/α-hetero) is 1. The molecule has 0 amide bonds. The fourth-order valence-electron chi connectivity index (χ4n) is 1.55. The highest BCUT2D eigenvalue weighted by Crippen LogP contribution is 2.06. The van der Waals surface area contributed by atoms with Crippen molar-refractivity contribution in [3.8, 4) is 0 Å². The molecule has 2 heterocycles. The quantitative estimate of drug-likeness (QED) is 0.757. The molecule has 0 spiro atoms. The largest absolute Gasteiger partial charge is 0.294 e. The summed E-state index contributed by atoms with van der Waals surface area (Å²) in [7, 11) is 0. The molecule has 0 N–H and O–H groups in total. The topological polar surface area (TPSA) is 52.7 Å². The smallest absolute Gasteiger partial charge is 0.162 e. The van der Waals surface area contributed by atoms with E-state index in [1.807, 2.05) is 16.9 Å². The van der Waals surface area contributed by atoms with Gasteiger partial charge in [0, 0.05) is 18.4 Å². The number of rotatable bonds is 4. The predicted molar refractivity (Wildman–Crippen MR) is 63.9 cm³/mol. The number of ketones is 1. The molecular weight excluding hydrogens is 216 g/mol. The molecule has 2 aromatic rings. The van der Waals surface area contributed by atoms with Crippen LogP contribution in [0.1, 0.15) is 42.9 Å². The van der Waals surface area contributed by atoms with Gasteiger partial charge in [-0.1, -0.05) is 0 Å². The molecule has 90 valence electrons. The molecule has 0 aliphatic rings. The van der Waals surface area contributed by atoms with E-state index >= 15 is 0 Å². The Morgan fingerprint density at radius 2 is 2.24 bits per heavy atom. The zero-order valence-electron chi connectivity index (χ0n) is 10.3. The van der Waals surface area contributed by atoms with Crippen molar-refractivity contribution in [1.82, 2.24) is 19.6 Å². The van der Waals surface area contributed by atoms with Gasteiger partial charge in [-0.05, 0) is 26.8 Å². The summed E-state index contributed by atoms with van der Waals surface area (Å²) in [5.41, 5.74) is 1.57. The van der Waals surface area contributed by atoms with Crippen molar-refractivity contribution in [3.63, 3.8) is 0 Å². The van der Waals surface area contributed by atoms with Gasteiger partial charge in [0.25, 0.3) is 0 Å². The van der Waals surface area contributed by atoms with E-state index in [2.05, 4.69) is 24.0 Å². The van der Waals surface area contributed by atoms with Crippen molar-refractivity contribution in [2.45, 2.75) is 33.4 Å². The van der Waals surface area contributed by atoms with E-state index in [-0.39, 0.29) is 5.78 Å². The fraction of sp³-hybridized carbons (Fsp3) is 0.417. The molecule has 5 heteroatoms. The molecule has 0 atom stereocenters. The lowest BCUT2D eigenvalue weighted by atomic mass is 10.3. The van der Waals surface area contributed by atoms with Gasteiger partial charge in [0.05, 0.1) is 24.0 Å². The number of nitrogens with zero attached hydrogens (tertiary/aromatic N) is 4. The second-order valence-corrected chi connectivity index (χ2v) is 4.36. The molecule has 5 nitrogen and oxygen atoms in total. The molecule has 0 radical (unpaired) electrons. The van der Waals surface area contributed by atoms with Crippen LogP contribution in [0, 0.1) is 0 Å². The maximum atomic E-state index is 11.1. The summed E-state index contributed by atoms with van der Waals surface area (Å²) in [4.78, 5) is 11.1. The summed E-state index contributed by atoms with van der Waals surface area (Å²) in [5, 5.41) is 8.56. The Morgan fingerprint density at radius 3 is 2.76 bits per heavy atom. The Kier molecular flexibility index (Phi) is 3.08. The van der Waals surface area contributed by atoms with Crippen LogP contribution in [-0.2, 0) is 6.54 Å². The van der Waals surface area contributed by atoms with Crippen LogP contribution >= 0.6 is 0 Å². The van der Waals surface area contributed by atoms with Crippen LogP contribution < -0.4 is 0 Å². The molecule has 0 saturated carbocycles. The average molecular weight is 232 g/mol. The number of carbonyl (C=O) groups is 1. The van der Waals surface area contributed by atoms with Crippen LogP contribution in [0.15, 0.2) is 24.7 Å². The van der Waals surface area contributed by atoms with Crippen molar-refractivity contribution in [2.24, 2.45) is 0 Å². The van der Waals surface area contributed by atoms with Gasteiger partial charge < -0.3 is 0 Å². The van der Waals surface area contributed by atoms with Gasteiger partial charge in [0.2, 0.25) is 0 Å². The van der Waals surface area contributed by atoms with Crippen molar-refractivity contribution < 1.29 is 4.79 Å². The Morgan fingerprint density at radius 1 is 1.47 bits per heavy atom. The first kappa shape index (κ1) is 11.6. The van der Waals surface area contributed by atoms with Gasteiger partial charge in [-0.2, -0.15) is 10.2 Å². The Labute approximate surface area is 100 Å². The molecule has 0 aromatic carbocycles. The van der Waals surface area contributed by atoms with Gasteiger partial charge in [0.15, 0.2) is 5.78 Å². The van der Waals surface area contributed by atoms with Crippen molar-refractivity contribution in [1.29, 1.82) is 0 Å². The van der Waals surface area contributed by atoms with Crippen molar-refractivity contribution in [2.75, 3.05) is 0 Å². The van der Waals surface area contributed by atoms with E-state index in [9.17, 15) is 4.79 Å². The van der Waals surface area contributed by atoms with Gasteiger partial charge in [-0.25, -0.2) is 0 Å². The predicted octanol–water partition coefficient (Wildman–Crippen LogP) is 1.91. The molecule has 0 bridgehead atoms. The Bertz CT molecular complexity index is 524. The number of hydrogen-bond acceptors (Lipinski definition) is 3. The summed E-state index contributed by atoms with van der Waals surface area (Å²) in [6.07, 6.45) is 5.29. The van der Waals surface area contributed by atoms with Crippen LogP contribution in [0.4, 0.5) is 0 Å². The highest BCUT2D eigenvalue weighted by atomic mass is 16.1. The summed E-state index contributed by atoms with van der Waals surface area (Å²) >= 11 is 0. The maximum Gasteiger partial charge on any atom is 0.162 e. The first-order valence-electron chi connectivity index (χ1n) is 5.63. The van der Waals surface area contributed by atoms with E-state index in [0.29, 0.717) is 18.2 Å². The first-order valence-corrected chi connectivity index (χ1v) is 5.63. The third kappa shape index (κ3) is 2.61. The van der Waals surface area contributed by atoms with Crippen molar-refractivity contribution >= 4 is 5.78 Å². The molecule has 0 aliphatic carbocycles. The highest BCUT2D eigenvalue weighted by molar-refractivity contribution is 5.93. The molecule has 0 saturated heterocycles. The molecule has 0 fully saturated rings. The van der Waals surface area contributed by atoms with Crippen LogP contribution in [0.2, 0.25) is 0 Å².